The number of likely N-dealkylation sites (tertiary alicyclic amines) is 1. The fourth-order valence-corrected chi connectivity index (χ4v) is 5.59. The van der Waals surface area contributed by atoms with Crippen LogP contribution in [0.4, 0.5) is 13.2 Å². The second kappa shape index (κ2) is 11.6. The number of fused-ring (bicyclic) bond motifs is 2. The minimum atomic E-state index is -4.32. The predicted octanol–water partition coefficient (Wildman–Crippen LogP) is 3.20. The van der Waals surface area contributed by atoms with Gasteiger partial charge in [-0.3, -0.25) is 14.5 Å². The smallest absolute Gasteiger partial charge is 0.392 e. The number of piperidine rings is 1. The molecule has 0 radical (unpaired) electrons. The molecule has 3 aliphatic rings. The van der Waals surface area contributed by atoms with Gasteiger partial charge in [-0.15, -0.1) is 0 Å². The molecule has 210 valence electrons. The number of nitrogens with one attached hydrogen (secondary N) is 2. The summed E-state index contributed by atoms with van der Waals surface area (Å²) >= 11 is 0. The molecule has 1 aromatic carbocycles. The molecule has 2 fully saturated rings. The van der Waals surface area contributed by atoms with Gasteiger partial charge in [0.15, 0.2) is 6.79 Å². The molecule has 38 heavy (non-hydrogen) atoms. The van der Waals surface area contributed by atoms with Crippen molar-refractivity contribution in [2.24, 2.45) is 17.8 Å². The summed E-state index contributed by atoms with van der Waals surface area (Å²) in [4.78, 5) is 26.7. The lowest BCUT2D eigenvalue weighted by Crippen LogP contribution is -2.40. The molecule has 0 bridgehead atoms. The molecule has 4 atom stereocenters. The van der Waals surface area contributed by atoms with E-state index in [1.54, 1.807) is 0 Å². The fraction of sp³-hybridized carbons (Fsp3) is 0.630. The molecule has 1 aliphatic carbocycles. The average molecular weight is 540 g/mol. The van der Waals surface area contributed by atoms with E-state index >= 15 is 0 Å². The van der Waals surface area contributed by atoms with Crippen LogP contribution in [0.2, 0.25) is 0 Å². The number of hydrogen-bond acceptors (Lipinski definition) is 6. The lowest BCUT2D eigenvalue weighted by Gasteiger charge is -2.32. The number of halogens is 3. The molecule has 1 aromatic rings. The molecule has 1 saturated carbocycles. The van der Waals surface area contributed by atoms with Gasteiger partial charge in [-0.05, 0) is 55.7 Å². The minimum Gasteiger partial charge on any atom is -0.467 e. The van der Waals surface area contributed by atoms with Crippen molar-refractivity contribution in [3.05, 3.63) is 41.6 Å². The first-order valence-corrected chi connectivity index (χ1v) is 13.1. The van der Waals surface area contributed by atoms with Gasteiger partial charge in [0.05, 0.1) is 25.2 Å². The first kappa shape index (κ1) is 28.4. The monoisotopic (exact) mass is 539 g/mol. The maximum Gasteiger partial charge on any atom is 0.392 e. The fourth-order valence-electron chi connectivity index (χ4n) is 5.59. The van der Waals surface area contributed by atoms with Crippen molar-refractivity contribution in [2.75, 3.05) is 26.4 Å². The summed E-state index contributed by atoms with van der Waals surface area (Å²) in [5.74, 6) is 0.363. The van der Waals surface area contributed by atoms with E-state index in [4.69, 9.17) is 9.47 Å². The quantitative estimate of drug-likeness (QED) is 0.400. The molecule has 0 spiro atoms. The highest BCUT2D eigenvalue weighted by Gasteiger charge is 2.59. The predicted molar refractivity (Wildman–Crippen MR) is 133 cm³/mol. The van der Waals surface area contributed by atoms with E-state index in [9.17, 15) is 27.9 Å². The van der Waals surface area contributed by atoms with Gasteiger partial charge in [-0.1, -0.05) is 19.1 Å². The topological polar surface area (TPSA) is 100 Å². The van der Waals surface area contributed by atoms with Crippen molar-refractivity contribution in [1.82, 2.24) is 15.5 Å². The minimum absolute atomic E-state index is 0.139. The molecule has 2 aliphatic heterocycles. The molecule has 4 rings (SSSR count). The van der Waals surface area contributed by atoms with Crippen LogP contribution >= 0.6 is 0 Å². The number of carbonyl (C=O) groups excluding carboxylic acids is 2. The molecular formula is C27H36F3N3O5. The normalized spacial score (nSPS) is 25.2. The number of benzene rings is 1. The van der Waals surface area contributed by atoms with E-state index in [-0.39, 0.29) is 43.0 Å². The van der Waals surface area contributed by atoms with Gasteiger partial charge in [0.25, 0.3) is 0 Å². The molecule has 8 nitrogen and oxygen atoms in total. The van der Waals surface area contributed by atoms with E-state index in [1.807, 2.05) is 25.1 Å². The van der Waals surface area contributed by atoms with Crippen LogP contribution in [0, 0.1) is 17.8 Å². The Hall–Kier alpha value is -2.63. The van der Waals surface area contributed by atoms with Crippen LogP contribution in [0.5, 0.6) is 5.75 Å². The Morgan fingerprint density at radius 3 is 2.68 bits per heavy atom. The Morgan fingerprint density at radius 1 is 1.26 bits per heavy atom. The summed E-state index contributed by atoms with van der Waals surface area (Å²) in [5, 5.41) is 16.0. The number of allylic oxidation sites excluding steroid dienone is 1. The van der Waals surface area contributed by atoms with Crippen molar-refractivity contribution >= 4 is 11.8 Å². The molecule has 0 aromatic heterocycles. The summed E-state index contributed by atoms with van der Waals surface area (Å²) in [7, 11) is 0. The van der Waals surface area contributed by atoms with Crippen LogP contribution < -0.4 is 15.4 Å². The van der Waals surface area contributed by atoms with Crippen LogP contribution in [0.3, 0.4) is 0 Å². The zero-order chi connectivity index (χ0) is 27.5. The van der Waals surface area contributed by atoms with E-state index < -0.39 is 24.1 Å². The standard InChI is InChI=1S/C27H36F3N3O5/c1-3-19(7-9-26(2,36)18-5-6-22-17(11-18)15-37-16-38-22)33-13-20-21(14-33)24(20)25(35)32-12-23(34)31-10-4-8-27(28,29)30/h4-6,10-11,19-21,24,36H,3,7-9,12-16H2,1-2H3,(H,31,34)(H,32,35)/b10-4+. The number of rotatable bonds is 11. The number of carbonyl (C=O) groups is 2. The van der Waals surface area contributed by atoms with E-state index in [2.05, 4.69) is 22.5 Å². The van der Waals surface area contributed by atoms with E-state index in [1.165, 1.54) is 0 Å². The highest BCUT2D eigenvalue weighted by Crippen LogP contribution is 2.52. The molecule has 3 N–H and O–H groups in total. The summed E-state index contributed by atoms with van der Waals surface area (Å²) in [6, 6.07) is 6.02. The van der Waals surface area contributed by atoms with Gasteiger partial charge in [0.1, 0.15) is 5.75 Å². The average Bonchev–Trinajstić information content (AvgIpc) is 3.38. The van der Waals surface area contributed by atoms with Gasteiger partial charge in [-0.25, -0.2) is 0 Å². The summed E-state index contributed by atoms with van der Waals surface area (Å²) in [6.07, 6.45) is -1.35. The number of amides is 2. The van der Waals surface area contributed by atoms with Crippen molar-refractivity contribution in [2.45, 2.75) is 64.0 Å². The van der Waals surface area contributed by atoms with Crippen LogP contribution in [0.25, 0.3) is 0 Å². The first-order chi connectivity index (χ1) is 18.0. The van der Waals surface area contributed by atoms with Gasteiger partial charge in [0, 0.05) is 36.8 Å². The van der Waals surface area contributed by atoms with Crippen molar-refractivity contribution in [1.29, 1.82) is 0 Å². The molecule has 2 heterocycles. The lowest BCUT2D eigenvalue weighted by atomic mass is 9.87. The lowest BCUT2D eigenvalue weighted by molar-refractivity contribution is -0.127. The van der Waals surface area contributed by atoms with Crippen LogP contribution in [-0.4, -0.2) is 60.5 Å². The van der Waals surface area contributed by atoms with Crippen LogP contribution in [0.15, 0.2) is 30.5 Å². The van der Waals surface area contributed by atoms with E-state index in [0.717, 1.165) is 55.1 Å². The third kappa shape index (κ3) is 7.06. The third-order valence-electron chi connectivity index (χ3n) is 7.85. The van der Waals surface area contributed by atoms with E-state index in [0.29, 0.717) is 13.0 Å². The van der Waals surface area contributed by atoms with Gasteiger partial charge in [0.2, 0.25) is 11.8 Å². The number of ether oxygens (including phenoxy) is 2. The Bertz CT molecular complexity index is 1030. The Balaban J connectivity index is 1.19. The second-order valence-corrected chi connectivity index (χ2v) is 10.6. The van der Waals surface area contributed by atoms with Crippen molar-refractivity contribution in [3.8, 4) is 5.75 Å². The van der Waals surface area contributed by atoms with Crippen LogP contribution in [0.1, 0.15) is 50.7 Å². The Kier molecular flexibility index (Phi) is 8.68. The zero-order valence-corrected chi connectivity index (χ0v) is 21.7. The SMILES string of the molecule is CCC(CCC(C)(O)c1ccc2c(c1)COCO2)N1CC2C(C1)C2C(=O)NCC(=O)N/C=C/CC(F)(F)F. The highest BCUT2D eigenvalue weighted by atomic mass is 19.4. The largest absolute Gasteiger partial charge is 0.467 e. The van der Waals surface area contributed by atoms with Crippen molar-refractivity contribution < 1.29 is 37.3 Å². The summed E-state index contributed by atoms with van der Waals surface area (Å²) in [5.41, 5.74) is 0.773. The van der Waals surface area contributed by atoms with Gasteiger partial charge >= 0.3 is 6.18 Å². The van der Waals surface area contributed by atoms with Crippen molar-refractivity contribution in [3.63, 3.8) is 0 Å². The summed E-state index contributed by atoms with van der Waals surface area (Å²) < 4.78 is 47.2. The van der Waals surface area contributed by atoms with Gasteiger partial charge < -0.3 is 25.2 Å². The Labute approximate surface area is 220 Å². The number of aliphatic hydroxyl groups is 1. The first-order valence-electron chi connectivity index (χ1n) is 13.1. The number of hydrogen-bond donors (Lipinski definition) is 3. The van der Waals surface area contributed by atoms with Crippen LogP contribution in [-0.2, 0) is 26.5 Å². The summed E-state index contributed by atoms with van der Waals surface area (Å²) in [6.45, 7) is 5.97. The Morgan fingerprint density at radius 2 is 2.00 bits per heavy atom. The highest BCUT2D eigenvalue weighted by molar-refractivity contribution is 5.88. The third-order valence-corrected chi connectivity index (χ3v) is 7.85. The maximum absolute atomic E-state index is 12.5. The second-order valence-electron chi connectivity index (χ2n) is 10.6. The number of nitrogens with zero attached hydrogens (tertiary/aromatic N) is 1. The molecule has 2 amide bonds. The molecule has 4 unspecified atom stereocenters. The zero-order valence-electron chi connectivity index (χ0n) is 21.7. The number of alkyl halides is 3. The molecule has 11 heteroatoms. The maximum atomic E-state index is 12.5. The molecule has 1 saturated heterocycles. The van der Waals surface area contributed by atoms with Gasteiger partial charge in [-0.2, -0.15) is 13.2 Å². The molecular weight excluding hydrogens is 503 g/mol.